The van der Waals surface area contributed by atoms with Crippen LogP contribution in [0.3, 0.4) is 0 Å². The number of halogens is 3. The zero-order valence-corrected chi connectivity index (χ0v) is 9.91. The Kier molecular flexibility index (Phi) is 3.59. The Hall–Kier alpha value is -2.24. The van der Waals surface area contributed by atoms with Crippen LogP contribution in [0.25, 0.3) is 0 Å². The molecule has 1 aromatic heterocycles. The Balaban J connectivity index is 2.10. The fourth-order valence-corrected chi connectivity index (χ4v) is 1.61. The maximum Gasteiger partial charge on any atom is 0.416 e. The maximum absolute atomic E-state index is 12.5. The first-order valence-corrected chi connectivity index (χ1v) is 5.57. The van der Waals surface area contributed by atoms with Crippen LogP contribution < -0.4 is 11.1 Å². The SMILES string of the molecule is Nc1cccnc1NCc1cccc(C(F)(F)F)c1. The van der Waals surface area contributed by atoms with Crippen LogP contribution in [0.1, 0.15) is 11.1 Å². The van der Waals surface area contributed by atoms with Crippen LogP contribution in [0.4, 0.5) is 24.7 Å². The van der Waals surface area contributed by atoms with E-state index in [1.54, 1.807) is 24.4 Å². The van der Waals surface area contributed by atoms with Crippen molar-refractivity contribution < 1.29 is 13.2 Å². The van der Waals surface area contributed by atoms with E-state index < -0.39 is 11.7 Å². The van der Waals surface area contributed by atoms with Crippen molar-refractivity contribution in [2.75, 3.05) is 11.1 Å². The molecule has 0 amide bonds. The molecule has 0 fully saturated rings. The highest BCUT2D eigenvalue weighted by molar-refractivity contribution is 5.60. The summed E-state index contributed by atoms with van der Waals surface area (Å²) in [7, 11) is 0. The minimum absolute atomic E-state index is 0.227. The molecule has 0 atom stereocenters. The van der Waals surface area contributed by atoms with Crippen LogP contribution in [0, 0.1) is 0 Å². The number of rotatable bonds is 3. The van der Waals surface area contributed by atoms with Crippen molar-refractivity contribution in [2.24, 2.45) is 0 Å². The second-order valence-electron chi connectivity index (χ2n) is 3.99. The van der Waals surface area contributed by atoms with Crippen molar-refractivity contribution in [3.8, 4) is 0 Å². The van der Waals surface area contributed by atoms with Gasteiger partial charge in [0.25, 0.3) is 0 Å². The zero-order valence-electron chi connectivity index (χ0n) is 9.91. The van der Waals surface area contributed by atoms with Crippen molar-refractivity contribution in [2.45, 2.75) is 12.7 Å². The van der Waals surface area contributed by atoms with Gasteiger partial charge < -0.3 is 11.1 Å². The smallest absolute Gasteiger partial charge is 0.396 e. The van der Waals surface area contributed by atoms with Crippen LogP contribution in [-0.2, 0) is 12.7 Å². The van der Waals surface area contributed by atoms with Crippen molar-refractivity contribution >= 4 is 11.5 Å². The Morgan fingerprint density at radius 3 is 2.63 bits per heavy atom. The molecule has 0 aliphatic carbocycles. The van der Waals surface area contributed by atoms with Gasteiger partial charge in [-0.3, -0.25) is 0 Å². The number of nitrogens with two attached hydrogens (primary N) is 1. The van der Waals surface area contributed by atoms with Gasteiger partial charge in [-0.1, -0.05) is 12.1 Å². The third-order valence-corrected chi connectivity index (χ3v) is 2.55. The van der Waals surface area contributed by atoms with Gasteiger partial charge in [-0.2, -0.15) is 13.2 Å². The highest BCUT2D eigenvalue weighted by Crippen LogP contribution is 2.29. The molecule has 19 heavy (non-hydrogen) atoms. The molecule has 0 unspecified atom stereocenters. The second kappa shape index (κ2) is 5.17. The Bertz CT molecular complexity index is 567. The number of nitrogen functional groups attached to an aromatic ring is 1. The van der Waals surface area contributed by atoms with Gasteiger partial charge in [0, 0.05) is 12.7 Å². The lowest BCUT2D eigenvalue weighted by atomic mass is 10.1. The molecule has 3 N–H and O–H groups in total. The average Bonchev–Trinajstić information content (AvgIpc) is 2.37. The number of hydrogen-bond acceptors (Lipinski definition) is 3. The molecule has 1 heterocycles. The van der Waals surface area contributed by atoms with Gasteiger partial charge >= 0.3 is 6.18 Å². The Labute approximate surface area is 108 Å². The van der Waals surface area contributed by atoms with E-state index in [-0.39, 0.29) is 6.54 Å². The standard InChI is InChI=1S/C13H12F3N3/c14-13(15,16)10-4-1-3-9(7-10)8-19-12-11(17)5-2-6-18-12/h1-7H,8,17H2,(H,18,19). The molecule has 0 spiro atoms. The molecule has 0 aliphatic heterocycles. The first kappa shape index (κ1) is 13.2. The summed E-state index contributed by atoms with van der Waals surface area (Å²) in [5.74, 6) is 0.458. The minimum atomic E-state index is -4.33. The van der Waals surface area contributed by atoms with E-state index in [0.29, 0.717) is 17.1 Å². The van der Waals surface area contributed by atoms with E-state index in [4.69, 9.17) is 5.73 Å². The molecular formula is C13H12F3N3. The normalized spacial score (nSPS) is 11.3. The first-order valence-electron chi connectivity index (χ1n) is 5.57. The van der Waals surface area contributed by atoms with Gasteiger partial charge in [-0.25, -0.2) is 4.98 Å². The number of alkyl halides is 3. The summed E-state index contributed by atoms with van der Waals surface area (Å²) in [6.45, 7) is 0.227. The third kappa shape index (κ3) is 3.37. The lowest BCUT2D eigenvalue weighted by Crippen LogP contribution is -2.08. The molecule has 3 nitrogen and oxygen atoms in total. The fourth-order valence-electron chi connectivity index (χ4n) is 1.61. The lowest BCUT2D eigenvalue weighted by molar-refractivity contribution is -0.137. The molecule has 2 rings (SSSR count). The molecule has 100 valence electrons. The van der Waals surface area contributed by atoms with E-state index in [2.05, 4.69) is 10.3 Å². The van der Waals surface area contributed by atoms with Gasteiger partial charge in [0.05, 0.1) is 11.3 Å². The summed E-state index contributed by atoms with van der Waals surface area (Å²) < 4.78 is 37.6. The van der Waals surface area contributed by atoms with Gasteiger partial charge in [-0.05, 0) is 29.8 Å². The van der Waals surface area contributed by atoms with E-state index in [1.165, 1.54) is 6.07 Å². The first-order chi connectivity index (χ1) is 8.97. The van der Waals surface area contributed by atoms with Crippen molar-refractivity contribution in [1.82, 2.24) is 4.98 Å². The van der Waals surface area contributed by atoms with E-state index in [0.717, 1.165) is 12.1 Å². The number of aromatic nitrogens is 1. The number of anilines is 2. The maximum atomic E-state index is 12.5. The van der Waals surface area contributed by atoms with Crippen molar-refractivity contribution in [1.29, 1.82) is 0 Å². The summed E-state index contributed by atoms with van der Waals surface area (Å²) in [5, 5.41) is 2.90. The molecule has 0 bridgehead atoms. The van der Waals surface area contributed by atoms with Gasteiger partial charge in [0.15, 0.2) is 0 Å². The largest absolute Gasteiger partial charge is 0.416 e. The van der Waals surface area contributed by atoms with Crippen LogP contribution in [0.5, 0.6) is 0 Å². The topological polar surface area (TPSA) is 50.9 Å². The predicted octanol–water partition coefficient (Wildman–Crippen LogP) is 3.29. The van der Waals surface area contributed by atoms with E-state index in [1.807, 2.05) is 0 Å². The molecular weight excluding hydrogens is 255 g/mol. The number of benzene rings is 1. The average molecular weight is 267 g/mol. The predicted molar refractivity (Wildman–Crippen MR) is 67.4 cm³/mol. The summed E-state index contributed by atoms with van der Waals surface area (Å²) >= 11 is 0. The molecule has 0 saturated carbocycles. The van der Waals surface area contributed by atoms with Crippen LogP contribution in [0.2, 0.25) is 0 Å². The number of hydrogen-bond donors (Lipinski definition) is 2. The molecule has 1 aromatic carbocycles. The minimum Gasteiger partial charge on any atom is -0.396 e. The second-order valence-corrected chi connectivity index (χ2v) is 3.99. The molecule has 6 heteroatoms. The van der Waals surface area contributed by atoms with Crippen LogP contribution in [-0.4, -0.2) is 4.98 Å². The lowest BCUT2D eigenvalue weighted by Gasteiger charge is -2.10. The number of nitrogens with zero attached hydrogens (tertiary/aromatic N) is 1. The summed E-state index contributed by atoms with van der Waals surface area (Å²) in [6, 6.07) is 8.49. The van der Waals surface area contributed by atoms with Crippen molar-refractivity contribution in [3.05, 3.63) is 53.7 Å². The molecule has 0 radical (unpaired) electrons. The monoisotopic (exact) mass is 267 g/mol. The number of nitrogens with one attached hydrogen (secondary N) is 1. The van der Waals surface area contributed by atoms with E-state index >= 15 is 0 Å². The molecule has 2 aromatic rings. The molecule has 0 aliphatic rings. The Morgan fingerprint density at radius 1 is 1.16 bits per heavy atom. The van der Waals surface area contributed by atoms with Gasteiger partial charge in [0.1, 0.15) is 5.82 Å². The summed E-state index contributed by atoms with van der Waals surface area (Å²) in [4.78, 5) is 4.01. The Morgan fingerprint density at radius 2 is 1.95 bits per heavy atom. The zero-order chi connectivity index (χ0) is 13.9. The molecule has 0 saturated heterocycles. The van der Waals surface area contributed by atoms with E-state index in [9.17, 15) is 13.2 Å². The quantitative estimate of drug-likeness (QED) is 0.897. The van der Waals surface area contributed by atoms with Crippen LogP contribution >= 0.6 is 0 Å². The highest BCUT2D eigenvalue weighted by atomic mass is 19.4. The fraction of sp³-hybridized carbons (Fsp3) is 0.154. The third-order valence-electron chi connectivity index (χ3n) is 2.55. The van der Waals surface area contributed by atoms with Gasteiger partial charge in [0.2, 0.25) is 0 Å². The van der Waals surface area contributed by atoms with Crippen LogP contribution in [0.15, 0.2) is 42.6 Å². The summed E-state index contributed by atoms with van der Waals surface area (Å²) in [6.07, 6.45) is -2.77. The number of pyridine rings is 1. The van der Waals surface area contributed by atoms with Gasteiger partial charge in [-0.15, -0.1) is 0 Å². The van der Waals surface area contributed by atoms with Crippen molar-refractivity contribution in [3.63, 3.8) is 0 Å². The summed E-state index contributed by atoms with van der Waals surface area (Å²) in [5.41, 5.74) is 5.98. The highest BCUT2D eigenvalue weighted by Gasteiger charge is 2.30.